The van der Waals surface area contributed by atoms with Gasteiger partial charge in [0.15, 0.2) is 0 Å². The normalized spacial score (nSPS) is 13.8. The van der Waals surface area contributed by atoms with Crippen molar-refractivity contribution in [2.24, 2.45) is 0 Å². The minimum Gasteiger partial charge on any atom is -0.490 e. The van der Waals surface area contributed by atoms with Gasteiger partial charge >= 0.3 is 6.18 Å². The highest BCUT2D eigenvalue weighted by Crippen LogP contribution is 2.40. The van der Waals surface area contributed by atoms with E-state index in [9.17, 15) is 22.7 Å². The topological polar surface area (TPSA) is 60.2 Å². The van der Waals surface area contributed by atoms with Crippen LogP contribution in [-0.4, -0.2) is 32.7 Å². The molecular weight excluding hydrogens is 450 g/mol. The molecule has 2 aromatic heterocycles. The van der Waals surface area contributed by atoms with Gasteiger partial charge < -0.3 is 9.84 Å². The van der Waals surface area contributed by atoms with Gasteiger partial charge in [0, 0.05) is 23.0 Å². The fraction of sp³-hybridized carbons (Fsp3) is 0.120. The lowest BCUT2D eigenvalue weighted by Crippen LogP contribution is -2.47. The molecule has 0 spiro atoms. The zero-order valence-electron chi connectivity index (χ0n) is 17.5. The Bertz CT molecular complexity index is 1480. The smallest absolute Gasteiger partial charge is 0.424 e. The van der Waals surface area contributed by atoms with Crippen molar-refractivity contribution in [3.05, 3.63) is 96.6 Å². The average molecular weight is 467 g/mol. The first-order valence-electron chi connectivity index (χ1n) is 10.3. The summed E-state index contributed by atoms with van der Waals surface area (Å²) >= 11 is 0. The van der Waals surface area contributed by atoms with Gasteiger partial charge in [-0.1, -0.05) is 12.1 Å². The zero-order valence-corrected chi connectivity index (χ0v) is 17.5. The Morgan fingerprint density at radius 1 is 0.912 bits per heavy atom. The summed E-state index contributed by atoms with van der Waals surface area (Å²) in [4.78, 5) is 4.16. The molecule has 0 aliphatic rings. The molecule has 0 aliphatic heterocycles. The maximum Gasteiger partial charge on any atom is 0.424 e. The number of hydrogen-bond acceptors (Lipinski definition) is 4. The van der Waals surface area contributed by atoms with E-state index in [2.05, 4.69) is 10.1 Å². The van der Waals surface area contributed by atoms with Crippen molar-refractivity contribution >= 4 is 21.8 Å². The minimum absolute atomic E-state index is 0.152. The van der Waals surface area contributed by atoms with Gasteiger partial charge in [-0.2, -0.15) is 18.3 Å². The van der Waals surface area contributed by atoms with Crippen molar-refractivity contribution in [2.45, 2.75) is 11.8 Å². The molecule has 1 unspecified atom stereocenters. The minimum atomic E-state index is -5.01. The third-order valence-electron chi connectivity index (χ3n) is 5.61. The predicted molar refractivity (Wildman–Crippen MR) is 118 cm³/mol. The van der Waals surface area contributed by atoms with Crippen molar-refractivity contribution in [2.75, 3.05) is 6.61 Å². The van der Waals surface area contributed by atoms with Crippen LogP contribution in [0.25, 0.3) is 27.5 Å². The van der Waals surface area contributed by atoms with Crippen LogP contribution >= 0.6 is 0 Å². The van der Waals surface area contributed by atoms with Crippen molar-refractivity contribution in [3.63, 3.8) is 0 Å². The van der Waals surface area contributed by atoms with Gasteiger partial charge in [-0.15, -0.1) is 0 Å². The Hall–Kier alpha value is -3.98. The number of ether oxygens (including phenoxy) is 1. The lowest BCUT2D eigenvalue weighted by Gasteiger charge is -2.31. The molecule has 0 bridgehead atoms. The van der Waals surface area contributed by atoms with Crippen molar-refractivity contribution < 1.29 is 27.4 Å². The molecule has 1 N–H and O–H groups in total. The standard InChI is InChI=1S/C25H17F4N3O2/c26-19-5-7-20(8-6-19)32-23-10-4-18(12-17(23)14-31-32)24(33,25(27,28)29)15-34-21-9-3-16-2-1-11-30-22(16)13-21/h1-14,33H,15H2. The molecule has 0 saturated carbocycles. The zero-order chi connectivity index (χ0) is 23.9. The van der Waals surface area contributed by atoms with E-state index < -0.39 is 24.2 Å². The molecule has 172 valence electrons. The van der Waals surface area contributed by atoms with Gasteiger partial charge in [0.05, 0.1) is 22.9 Å². The van der Waals surface area contributed by atoms with Gasteiger partial charge in [-0.25, -0.2) is 9.07 Å². The summed E-state index contributed by atoms with van der Waals surface area (Å²) in [6.07, 6.45) is -2.06. The molecule has 0 saturated heterocycles. The van der Waals surface area contributed by atoms with Crippen LogP contribution in [0.1, 0.15) is 5.56 Å². The Morgan fingerprint density at radius 3 is 2.47 bits per heavy atom. The van der Waals surface area contributed by atoms with E-state index in [-0.39, 0.29) is 11.3 Å². The lowest BCUT2D eigenvalue weighted by atomic mass is 9.93. The van der Waals surface area contributed by atoms with Crippen molar-refractivity contribution in [3.8, 4) is 11.4 Å². The molecule has 5 rings (SSSR count). The number of nitrogens with zero attached hydrogens (tertiary/aromatic N) is 3. The number of benzene rings is 3. The van der Waals surface area contributed by atoms with E-state index in [1.54, 1.807) is 18.3 Å². The van der Waals surface area contributed by atoms with Crippen LogP contribution in [0.2, 0.25) is 0 Å². The Morgan fingerprint density at radius 2 is 1.71 bits per heavy atom. The molecule has 34 heavy (non-hydrogen) atoms. The molecule has 1 atom stereocenters. The molecule has 0 radical (unpaired) electrons. The van der Waals surface area contributed by atoms with Crippen LogP contribution < -0.4 is 4.74 Å². The fourth-order valence-electron chi connectivity index (χ4n) is 3.73. The monoisotopic (exact) mass is 467 g/mol. The molecule has 9 heteroatoms. The number of aromatic nitrogens is 3. The van der Waals surface area contributed by atoms with Gasteiger partial charge in [0.25, 0.3) is 0 Å². The predicted octanol–water partition coefficient (Wildman–Crippen LogP) is 5.54. The number of fused-ring (bicyclic) bond motifs is 2. The summed E-state index contributed by atoms with van der Waals surface area (Å²) in [5, 5.41) is 16.2. The van der Waals surface area contributed by atoms with Crippen molar-refractivity contribution in [1.29, 1.82) is 0 Å². The van der Waals surface area contributed by atoms with E-state index in [1.165, 1.54) is 65.5 Å². The number of hydrogen-bond donors (Lipinski definition) is 1. The Labute approximate surface area is 190 Å². The van der Waals surface area contributed by atoms with E-state index in [0.717, 1.165) is 5.39 Å². The van der Waals surface area contributed by atoms with Crippen LogP contribution in [0, 0.1) is 5.82 Å². The van der Waals surface area contributed by atoms with Crippen molar-refractivity contribution in [1.82, 2.24) is 14.8 Å². The highest BCUT2D eigenvalue weighted by molar-refractivity contribution is 5.81. The molecule has 5 aromatic rings. The van der Waals surface area contributed by atoms with Crippen LogP contribution in [0.5, 0.6) is 5.75 Å². The first kappa shape index (κ1) is 21.8. The first-order valence-corrected chi connectivity index (χ1v) is 10.3. The third-order valence-corrected chi connectivity index (χ3v) is 5.61. The van der Waals surface area contributed by atoms with Gasteiger partial charge in [0.1, 0.15) is 18.2 Å². The number of aliphatic hydroxyl groups is 1. The summed E-state index contributed by atoms with van der Waals surface area (Å²) < 4.78 is 62.3. The second kappa shape index (κ2) is 8.11. The third kappa shape index (κ3) is 3.84. The largest absolute Gasteiger partial charge is 0.490 e. The van der Waals surface area contributed by atoms with E-state index in [1.807, 2.05) is 6.07 Å². The second-order valence-electron chi connectivity index (χ2n) is 7.81. The summed E-state index contributed by atoms with van der Waals surface area (Å²) in [6.45, 7) is -1.05. The first-order chi connectivity index (χ1) is 16.2. The van der Waals surface area contributed by atoms with E-state index >= 15 is 0 Å². The molecule has 2 heterocycles. The number of rotatable bonds is 5. The molecule has 0 amide bonds. The summed E-state index contributed by atoms with van der Waals surface area (Å²) in [7, 11) is 0. The number of pyridine rings is 1. The molecule has 3 aromatic carbocycles. The van der Waals surface area contributed by atoms with Gasteiger partial charge in [-0.05, 0) is 60.2 Å². The van der Waals surface area contributed by atoms with E-state index in [0.29, 0.717) is 22.1 Å². The number of halogens is 4. The Balaban J connectivity index is 1.48. The Kier molecular flexibility index (Phi) is 5.21. The highest BCUT2D eigenvalue weighted by atomic mass is 19.4. The van der Waals surface area contributed by atoms with Crippen LogP contribution in [0.4, 0.5) is 17.6 Å². The van der Waals surface area contributed by atoms with E-state index in [4.69, 9.17) is 4.74 Å². The summed E-state index contributed by atoms with van der Waals surface area (Å²) in [5.41, 5.74) is -2.04. The SMILES string of the molecule is OC(COc1ccc2cccnc2c1)(c1ccc2c(cnn2-c2ccc(F)cc2)c1)C(F)(F)F. The summed E-state index contributed by atoms with van der Waals surface area (Å²) in [5.74, 6) is -0.265. The molecule has 0 aliphatic carbocycles. The summed E-state index contributed by atoms with van der Waals surface area (Å²) in [6, 6.07) is 17.7. The highest BCUT2D eigenvalue weighted by Gasteiger charge is 2.56. The quantitative estimate of drug-likeness (QED) is 0.345. The van der Waals surface area contributed by atoms with Gasteiger partial charge in [0.2, 0.25) is 5.60 Å². The fourth-order valence-corrected chi connectivity index (χ4v) is 3.73. The lowest BCUT2D eigenvalue weighted by molar-refractivity contribution is -0.275. The van der Waals surface area contributed by atoms with Crippen LogP contribution in [0.15, 0.2) is 85.2 Å². The number of alkyl halides is 3. The molecule has 5 nitrogen and oxygen atoms in total. The maximum atomic E-state index is 14.1. The molecular formula is C25H17F4N3O2. The van der Waals surface area contributed by atoms with Crippen LogP contribution in [-0.2, 0) is 5.60 Å². The average Bonchev–Trinajstić information content (AvgIpc) is 3.25. The second-order valence-corrected chi connectivity index (χ2v) is 7.81. The van der Waals surface area contributed by atoms with Crippen LogP contribution in [0.3, 0.4) is 0 Å². The maximum absolute atomic E-state index is 14.1. The van der Waals surface area contributed by atoms with Gasteiger partial charge in [-0.3, -0.25) is 4.98 Å². The molecule has 0 fully saturated rings.